The Hall–Kier alpha value is -1.65. The zero-order valence-electron chi connectivity index (χ0n) is 16.7. The second-order valence-corrected chi connectivity index (χ2v) is 9.73. The Morgan fingerprint density at radius 1 is 1.33 bits per heavy atom. The monoisotopic (exact) mass is 478 g/mol. The number of halogens is 2. The van der Waals surface area contributed by atoms with Crippen LogP contribution in [0, 0.1) is 0 Å². The van der Waals surface area contributed by atoms with Gasteiger partial charge < -0.3 is 14.7 Å². The van der Waals surface area contributed by atoms with Gasteiger partial charge in [0.1, 0.15) is 6.04 Å². The van der Waals surface area contributed by atoms with E-state index in [0.29, 0.717) is 13.1 Å². The number of hydrogen-bond acceptors (Lipinski definition) is 6. The molecule has 1 aliphatic heterocycles. The van der Waals surface area contributed by atoms with Crippen molar-refractivity contribution in [3.05, 3.63) is 40.4 Å². The molecule has 30 heavy (non-hydrogen) atoms. The highest BCUT2D eigenvalue weighted by Gasteiger charge is 2.44. The van der Waals surface area contributed by atoms with Gasteiger partial charge in [-0.25, -0.2) is 8.42 Å². The number of β-amino-alcohol motifs (C(OH)–C–C–N with tert-alkyl or cyclic N) is 1. The van der Waals surface area contributed by atoms with Crippen LogP contribution < -0.4 is 0 Å². The molecule has 1 amide bonds. The Morgan fingerprint density at radius 2 is 2.00 bits per heavy atom. The van der Waals surface area contributed by atoms with E-state index in [1.807, 2.05) is 0 Å². The quantitative estimate of drug-likeness (QED) is 0.453. The van der Waals surface area contributed by atoms with Crippen molar-refractivity contribution in [3.63, 3.8) is 0 Å². The summed E-state index contributed by atoms with van der Waals surface area (Å²) in [5, 5.41) is 10.2. The molecular formula is C19H24Cl2N2O6S. The van der Waals surface area contributed by atoms with Crippen molar-refractivity contribution in [3.8, 4) is 0 Å². The summed E-state index contributed by atoms with van der Waals surface area (Å²) >= 11 is 11.8. The van der Waals surface area contributed by atoms with Crippen molar-refractivity contribution < 1.29 is 27.9 Å². The largest absolute Gasteiger partial charge is 0.454 e. The average molecular weight is 479 g/mol. The normalized spacial score (nSPS) is 19.5. The minimum Gasteiger partial charge on any atom is -0.454 e. The number of aliphatic hydroxyl groups is 1. The standard InChI is InChI=1S/C19H24Cl2N2O6S/c1-4-22(9-12(2)3)18(25)11-29-19(26)17-7-13(24)10-23(17)30(27,28)14-5-6-15(20)16(21)8-14/h5-6,8,13,17,24H,2,4,7,9-11H2,1,3H3. The van der Waals surface area contributed by atoms with Crippen LogP contribution in [0.25, 0.3) is 0 Å². The highest BCUT2D eigenvalue weighted by atomic mass is 35.5. The summed E-state index contributed by atoms with van der Waals surface area (Å²) in [6.07, 6.45) is -1.19. The Morgan fingerprint density at radius 3 is 2.57 bits per heavy atom. The number of benzene rings is 1. The maximum atomic E-state index is 13.0. The van der Waals surface area contributed by atoms with Gasteiger partial charge in [-0.15, -0.1) is 0 Å². The molecule has 1 aromatic carbocycles. The smallest absolute Gasteiger partial charge is 0.325 e. The Labute approximate surface area is 186 Å². The number of carbonyl (C=O) groups is 2. The molecule has 2 rings (SSSR count). The van der Waals surface area contributed by atoms with E-state index in [9.17, 15) is 23.1 Å². The van der Waals surface area contributed by atoms with Gasteiger partial charge in [-0.2, -0.15) is 4.31 Å². The number of sulfonamides is 1. The number of esters is 1. The summed E-state index contributed by atoms with van der Waals surface area (Å²) in [5.74, 6) is -1.33. The summed E-state index contributed by atoms with van der Waals surface area (Å²) in [7, 11) is -4.16. The van der Waals surface area contributed by atoms with Gasteiger partial charge in [0.15, 0.2) is 6.61 Å². The summed E-state index contributed by atoms with van der Waals surface area (Å²) in [5.41, 5.74) is 0.773. The zero-order chi connectivity index (χ0) is 22.6. The third-order valence-corrected chi connectivity index (χ3v) is 7.15. The van der Waals surface area contributed by atoms with E-state index in [1.165, 1.54) is 23.1 Å². The molecule has 1 saturated heterocycles. The van der Waals surface area contributed by atoms with Gasteiger partial charge in [-0.05, 0) is 32.0 Å². The third kappa shape index (κ3) is 5.73. The Balaban J connectivity index is 2.15. The van der Waals surface area contributed by atoms with Crippen LogP contribution in [-0.4, -0.2) is 73.0 Å². The molecule has 0 radical (unpaired) electrons. The SMILES string of the molecule is C=C(C)CN(CC)C(=O)COC(=O)C1CC(O)CN1S(=O)(=O)c1ccc(Cl)c(Cl)c1. The number of hydrogen-bond donors (Lipinski definition) is 1. The number of rotatable bonds is 8. The number of amides is 1. The fourth-order valence-corrected chi connectivity index (χ4v) is 5.08. The Kier molecular flexibility index (Phi) is 8.29. The third-order valence-electron chi connectivity index (χ3n) is 4.54. The highest BCUT2D eigenvalue weighted by molar-refractivity contribution is 7.89. The number of nitrogens with zero attached hydrogens (tertiary/aromatic N) is 2. The molecule has 1 N–H and O–H groups in total. The van der Waals surface area contributed by atoms with Gasteiger partial charge in [0, 0.05) is 26.1 Å². The number of ether oxygens (including phenoxy) is 1. The molecule has 1 aromatic rings. The maximum Gasteiger partial charge on any atom is 0.325 e. The molecule has 8 nitrogen and oxygen atoms in total. The molecule has 2 atom stereocenters. The zero-order valence-corrected chi connectivity index (χ0v) is 19.0. The minimum absolute atomic E-state index is 0.0411. The molecule has 2 unspecified atom stereocenters. The molecule has 0 saturated carbocycles. The van der Waals surface area contributed by atoms with Crippen LogP contribution in [0.15, 0.2) is 35.2 Å². The lowest BCUT2D eigenvalue weighted by atomic mass is 10.2. The Bertz CT molecular complexity index is 937. The first-order valence-electron chi connectivity index (χ1n) is 9.21. The number of aliphatic hydroxyl groups excluding tert-OH is 1. The van der Waals surface area contributed by atoms with Gasteiger partial charge in [-0.3, -0.25) is 9.59 Å². The summed E-state index contributed by atoms with van der Waals surface area (Å²) in [6.45, 7) is 7.21. The molecule has 0 aliphatic carbocycles. The van der Waals surface area contributed by atoms with Gasteiger partial charge in [0.05, 0.1) is 21.0 Å². The van der Waals surface area contributed by atoms with Crippen LogP contribution >= 0.6 is 23.2 Å². The molecule has 166 valence electrons. The summed E-state index contributed by atoms with van der Waals surface area (Å²) < 4.78 is 31.9. The summed E-state index contributed by atoms with van der Waals surface area (Å²) in [4.78, 5) is 26.1. The van der Waals surface area contributed by atoms with Crippen LogP contribution in [0.5, 0.6) is 0 Å². The van der Waals surface area contributed by atoms with Gasteiger partial charge >= 0.3 is 5.97 Å². The van der Waals surface area contributed by atoms with Crippen LogP contribution in [0.2, 0.25) is 10.0 Å². The van der Waals surface area contributed by atoms with Crippen LogP contribution in [0.4, 0.5) is 0 Å². The van der Waals surface area contributed by atoms with Crippen LogP contribution in [-0.2, 0) is 24.3 Å². The van der Waals surface area contributed by atoms with Crippen LogP contribution in [0.3, 0.4) is 0 Å². The maximum absolute atomic E-state index is 13.0. The van der Waals surface area contributed by atoms with Crippen LogP contribution in [0.1, 0.15) is 20.3 Å². The van der Waals surface area contributed by atoms with E-state index in [4.69, 9.17) is 27.9 Å². The van der Waals surface area contributed by atoms with Gasteiger partial charge in [0.2, 0.25) is 10.0 Å². The minimum atomic E-state index is -4.16. The van der Waals surface area contributed by atoms with Crippen molar-refractivity contribution in [2.45, 2.75) is 37.3 Å². The second-order valence-electron chi connectivity index (χ2n) is 7.03. The topological polar surface area (TPSA) is 104 Å². The van der Waals surface area contributed by atoms with E-state index in [2.05, 4.69) is 6.58 Å². The first-order valence-corrected chi connectivity index (χ1v) is 11.4. The molecule has 11 heteroatoms. The molecule has 0 bridgehead atoms. The lowest BCUT2D eigenvalue weighted by Crippen LogP contribution is -2.43. The molecular weight excluding hydrogens is 455 g/mol. The molecule has 0 aromatic heterocycles. The van der Waals surface area contributed by atoms with Crippen molar-refractivity contribution >= 4 is 45.1 Å². The lowest BCUT2D eigenvalue weighted by Gasteiger charge is -2.24. The molecule has 1 aliphatic rings. The van der Waals surface area contributed by atoms with E-state index < -0.39 is 40.7 Å². The highest BCUT2D eigenvalue weighted by Crippen LogP contribution is 2.31. The van der Waals surface area contributed by atoms with Gasteiger partial charge in [0.25, 0.3) is 5.91 Å². The lowest BCUT2D eigenvalue weighted by molar-refractivity contribution is -0.154. The summed E-state index contributed by atoms with van der Waals surface area (Å²) in [6, 6.07) is 2.50. The predicted molar refractivity (Wildman–Crippen MR) is 113 cm³/mol. The van der Waals surface area contributed by atoms with Crippen molar-refractivity contribution in [2.24, 2.45) is 0 Å². The van der Waals surface area contributed by atoms with Crippen molar-refractivity contribution in [2.75, 3.05) is 26.2 Å². The average Bonchev–Trinajstić information content (AvgIpc) is 3.08. The molecule has 1 heterocycles. The predicted octanol–water partition coefficient (Wildman–Crippen LogP) is 2.09. The van der Waals surface area contributed by atoms with E-state index in [0.717, 1.165) is 9.88 Å². The number of carbonyl (C=O) groups excluding carboxylic acids is 2. The van der Waals surface area contributed by atoms with E-state index in [1.54, 1.807) is 13.8 Å². The number of likely N-dealkylation sites (N-methyl/N-ethyl adjacent to an activating group) is 1. The first kappa shape index (κ1) is 24.6. The van der Waals surface area contributed by atoms with E-state index >= 15 is 0 Å². The van der Waals surface area contributed by atoms with Gasteiger partial charge in [-0.1, -0.05) is 35.4 Å². The fourth-order valence-electron chi connectivity index (χ4n) is 3.06. The molecule has 1 fully saturated rings. The second kappa shape index (κ2) is 10.1. The molecule has 0 spiro atoms. The first-order chi connectivity index (χ1) is 14.0. The van der Waals surface area contributed by atoms with Crippen molar-refractivity contribution in [1.29, 1.82) is 0 Å². The van der Waals surface area contributed by atoms with Crippen molar-refractivity contribution in [1.82, 2.24) is 9.21 Å². The fraction of sp³-hybridized carbons (Fsp3) is 0.474. The van der Waals surface area contributed by atoms with E-state index in [-0.39, 0.29) is 27.9 Å².